The number of aromatic nitrogens is 5. The molecular weight excluding hydrogens is 280 g/mol. The fraction of sp³-hybridized carbons (Fsp3) is 0.600. The van der Waals surface area contributed by atoms with Crippen LogP contribution < -0.4 is 0 Å². The van der Waals surface area contributed by atoms with Gasteiger partial charge in [-0.05, 0) is 47.7 Å². The summed E-state index contributed by atoms with van der Waals surface area (Å²) in [6, 6.07) is 4.82. The highest BCUT2D eigenvalue weighted by Crippen LogP contribution is 2.40. The first-order valence-corrected chi connectivity index (χ1v) is 7.90. The van der Waals surface area contributed by atoms with Crippen molar-refractivity contribution in [2.24, 2.45) is 0 Å². The van der Waals surface area contributed by atoms with Crippen molar-refractivity contribution in [2.75, 3.05) is 6.61 Å². The summed E-state index contributed by atoms with van der Waals surface area (Å²) in [6.45, 7) is 0.934. The van der Waals surface area contributed by atoms with Crippen LogP contribution in [0.1, 0.15) is 49.2 Å². The second-order valence-electron chi connectivity index (χ2n) is 6.18. The van der Waals surface area contributed by atoms with Crippen LogP contribution in [0.5, 0.6) is 0 Å². The van der Waals surface area contributed by atoms with Gasteiger partial charge in [0.1, 0.15) is 0 Å². The number of rotatable bonds is 5. The summed E-state index contributed by atoms with van der Waals surface area (Å²) in [5.41, 5.74) is 1.15. The highest BCUT2D eigenvalue weighted by Gasteiger charge is 2.39. The molecule has 4 rings (SSSR count). The monoisotopic (exact) mass is 300 g/mol. The Balaban J connectivity index is 1.61. The van der Waals surface area contributed by atoms with Crippen LogP contribution in [0.4, 0.5) is 0 Å². The largest absolute Gasteiger partial charge is 0.395 e. The molecule has 0 amide bonds. The van der Waals surface area contributed by atoms with E-state index in [0.29, 0.717) is 6.04 Å². The first kappa shape index (κ1) is 13.8. The minimum atomic E-state index is 0.162. The Hall–Kier alpha value is -1.86. The Morgan fingerprint density at radius 3 is 2.86 bits per heavy atom. The van der Waals surface area contributed by atoms with Gasteiger partial charge < -0.3 is 5.11 Å². The molecule has 0 unspecified atom stereocenters. The molecule has 22 heavy (non-hydrogen) atoms. The average molecular weight is 300 g/mol. The van der Waals surface area contributed by atoms with Gasteiger partial charge in [0.05, 0.1) is 18.7 Å². The molecule has 2 aliphatic rings. The summed E-state index contributed by atoms with van der Waals surface area (Å²) in [7, 11) is 0. The Morgan fingerprint density at radius 1 is 1.23 bits per heavy atom. The Morgan fingerprint density at radius 2 is 2.14 bits per heavy atom. The van der Waals surface area contributed by atoms with Crippen LogP contribution in [-0.4, -0.2) is 47.8 Å². The van der Waals surface area contributed by atoms with E-state index in [4.69, 9.17) is 0 Å². The first-order chi connectivity index (χ1) is 10.9. The normalized spacial score (nSPS) is 25.7. The lowest BCUT2D eigenvalue weighted by atomic mass is 10.2. The lowest BCUT2D eigenvalue weighted by molar-refractivity contribution is 0.117. The third-order valence-corrected chi connectivity index (χ3v) is 4.65. The van der Waals surface area contributed by atoms with E-state index < -0.39 is 0 Å². The van der Waals surface area contributed by atoms with Crippen molar-refractivity contribution < 1.29 is 5.11 Å². The number of hydrogen-bond acceptors (Lipinski definition) is 6. The van der Waals surface area contributed by atoms with Gasteiger partial charge in [-0.15, -0.1) is 5.10 Å². The quantitative estimate of drug-likeness (QED) is 0.890. The number of nitrogens with zero attached hydrogens (tertiary/aromatic N) is 6. The third-order valence-electron chi connectivity index (χ3n) is 4.65. The predicted molar refractivity (Wildman–Crippen MR) is 78.7 cm³/mol. The van der Waals surface area contributed by atoms with Gasteiger partial charge in [-0.1, -0.05) is 6.07 Å². The zero-order valence-electron chi connectivity index (χ0n) is 12.4. The van der Waals surface area contributed by atoms with E-state index in [1.165, 1.54) is 0 Å². The highest BCUT2D eigenvalue weighted by molar-refractivity contribution is 5.11. The van der Waals surface area contributed by atoms with Crippen LogP contribution >= 0.6 is 0 Å². The molecular formula is C15H20N6O. The van der Waals surface area contributed by atoms with Crippen LogP contribution in [0.2, 0.25) is 0 Å². The summed E-state index contributed by atoms with van der Waals surface area (Å²) in [5.74, 6) is 0.947. The van der Waals surface area contributed by atoms with Crippen LogP contribution in [0, 0.1) is 0 Å². The Kier molecular flexibility index (Phi) is 3.59. The number of aliphatic hydroxyl groups excluding tert-OH is 1. The molecule has 1 saturated heterocycles. The fourth-order valence-corrected chi connectivity index (χ4v) is 3.35. The number of tetrazole rings is 1. The zero-order valence-corrected chi connectivity index (χ0v) is 12.4. The number of aliphatic hydroxyl groups is 1. The maximum atomic E-state index is 9.70. The molecule has 1 N–H and O–H groups in total. The molecule has 0 spiro atoms. The molecule has 3 heterocycles. The molecule has 7 heteroatoms. The van der Waals surface area contributed by atoms with Crippen molar-refractivity contribution in [3.63, 3.8) is 0 Å². The molecule has 116 valence electrons. The Labute approximate surface area is 129 Å². The summed E-state index contributed by atoms with van der Waals surface area (Å²) in [4.78, 5) is 6.51. The molecule has 2 aromatic heterocycles. The van der Waals surface area contributed by atoms with Crippen LogP contribution in [-0.2, 0) is 6.54 Å². The van der Waals surface area contributed by atoms with Gasteiger partial charge in [-0.3, -0.25) is 9.88 Å². The summed E-state index contributed by atoms with van der Waals surface area (Å²) >= 11 is 0. The SMILES string of the molecule is OC[C@@H]1CC[C@H](c2nnnn2C2CC2)N1Cc1cccnc1. The van der Waals surface area contributed by atoms with E-state index in [1.54, 1.807) is 6.20 Å². The van der Waals surface area contributed by atoms with Crippen molar-refractivity contribution in [3.8, 4) is 0 Å². The second-order valence-corrected chi connectivity index (χ2v) is 6.18. The standard InChI is InChI=1S/C15H20N6O/c22-10-13-5-6-14(15-17-18-19-21(15)12-3-4-12)20(13)9-11-2-1-7-16-8-11/h1-2,7-8,12-14,22H,3-6,9-10H2/t13-,14+/m0/s1. The summed E-state index contributed by atoms with van der Waals surface area (Å²) in [6.07, 6.45) is 7.95. The molecule has 1 aliphatic heterocycles. The molecule has 2 atom stereocenters. The van der Waals surface area contributed by atoms with Crippen molar-refractivity contribution in [3.05, 3.63) is 35.9 Å². The van der Waals surface area contributed by atoms with Gasteiger partial charge in [0, 0.05) is 25.0 Å². The second kappa shape index (κ2) is 5.73. The van der Waals surface area contributed by atoms with E-state index in [-0.39, 0.29) is 18.7 Å². The molecule has 0 radical (unpaired) electrons. The minimum Gasteiger partial charge on any atom is -0.395 e. The maximum Gasteiger partial charge on any atom is 0.168 e. The van der Waals surface area contributed by atoms with Gasteiger partial charge in [0.2, 0.25) is 0 Å². The molecule has 1 saturated carbocycles. The molecule has 7 nitrogen and oxygen atoms in total. The summed E-state index contributed by atoms with van der Waals surface area (Å²) in [5, 5.41) is 22.0. The van der Waals surface area contributed by atoms with Crippen LogP contribution in [0.15, 0.2) is 24.5 Å². The van der Waals surface area contributed by atoms with E-state index in [1.807, 2.05) is 16.9 Å². The topological polar surface area (TPSA) is 80.0 Å². The van der Waals surface area contributed by atoms with Gasteiger partial charge in [-0.25, -0.2) is 4.68 Å². The number of pyridine rings is 1. The molecule has 0 aromatic carbocycles. The van der Waals surface area contributed by atoms with Crippen LogP contribution in [0.3, 0.4) is 0 Å². The van der Waals surface area contributed by atoms with Gasteiger partial charge in [0.25, 0.3) is 0 Å². The maximum absolute atomic E-state index is 9.70. The van der Waals surface area contributed by atoms with Crippen molar-refractivity contribution >= 4 is 0 Å². The predicted octanol–water partition coefficient (Wildman–Crippen LogP) is 1.10. The first-order valence-electron chi connectivity index (χ1n) is 7.90. The lowest BCUT2D eigenvalue weighted by Gasteiger charge is -2.28. The zero-order chi connectivity index (χ0) is 14.9. The molecule has 0 bridgehead atoms. The molecule has 2 fully saturated rings. The van der Waals surface area contributed by atoms with E-state index in [9.17, 15) is 5.11 Å². The lowest BCUT2D eigenvalue weighted by Crippen LogP contribution is -2.34. The highest BCUT2D eigenvalue weighted by atomic mass is 16.3. The van der Waals surface area contributed by atoms with E-state index in [0.717, 1.165) is 43.6 Å². The van der Waals surface area contributed by atoms with Crippen molar-refractivity contribution in [1.29, 1.82) is 0 Å². The minimum absolute atomic E-state index is 0.162. The van der Waals surface area contributed by atoms with E-state index >= 15 is 0 Å². The third kappa shape index (κ3) is 2.50. The van der Waals surface area contributed by atoms with Gasteiger partial charge in [0.15, 0.2) is 5.82 Å². The number of hydrogen-bond donors (Lipinski definition) is 1. The fourth-order valence-electron chi connectivity index (χ4n) is 3.35. The van der Waals surface area contributed by atoms with Gasteiger partial charge in [-0.2, -0.15) is 0 Å². The average Bonchev–Trinajstić information content (AvgIpc) is 3.15. The number of likely N-dealkylation sites (tertiary alicyclic amines) is 1. The van der Waals surface area contributed by atoms with Gasteiger partial charge >= 0.3 is 0 Å². The Bertz CT molecular complexity index is 626. The summed E-state index contributed by atoms with van der Waals surface area (Å²) < 4.78 is 1.99. The van der Waals surface area contributed by atoms with E-state index in [2.05, 4.69) is 31.5 Å². The van der Waals surface area contributed by atoms with Crippen molar-refractivity contribution in [2.45, 2.75) is 50.4 Å². The molecule has 1 aliphatic carbocycles. The molecule has 2 aromatic rings. The van der Waals surface area contributed by atoms with Crippen molar-refractivity contribution in [1.82, 2.24) is 30.1 Å². The van der Waals surface area contributed by atoms with Crippen LogP contribution in [0.25, 0.3) is 0 Å². The smallest absolute Gasteiger partial charge is 0.168 e.